The summed E-state index contributed by atoms with van der Waals surface area (Å²) in [6.45, 7) is 6.35. The molecular weight excluding hydrogens is 323 g/mol. The van der Waals surface area contributed by atoms with Crippen molar-refractivity contribution in [2.45, 2.75) is 19.8 Å². The number of nitrogens with zero attached hydrogens (tertiary/aromatic N) is 2. The van der Waals surface area contributed by atoms with Gasteiger partial charge in [0.2, 0.25) is 12.3 Å². The predicted octanol–water partition coefficient (Wildman–Crippen LogP) is 3.03. The first-order valence-corrected chi connectivity index (χ1v) is 8.12. The number of carbonyl (C=O) groups excluding carboxylic acids is 2. The predicted molar refractivity (Wildman–Crippen MR) is 88.3 cm³/mol. The Morgan fingerprint density at radius 2 is 1.77 bits per heavy atom. The van der Waals surface area contributed by atoms with E-state index >= 15 is 0 Å². The zero-order valence-electron chi connectivity index (χ0n) is 12.8. The first-order valence-electron chi connectivity index (χ1n) is 7.37. The van der Waals surface area contributed by atoms with Gasteiger partial charge in [-0.1, -0.05) is 43.1 Å². The van der Waals surface area contributed by atoms with Crippen LogP contribution in [0.5, 0.6) is 0 Å². The molecule has 2 amide bonds. The number of hydrogen-bond donors (Lipinski definition) is 0. The van der Waals surface area contributed by atoms with Crippen molar-refractivity contribution in [2.24, 2.45) is 5.92 Å². The lowest BCUT2D eigenvalue weighted by Crippen LogP contribution is -2.50. The van der Waals surface area contributed by atoms with Crippen LogP contribution < -0.4 is 0 Å². The molecule has 2 rings (SSSR count). The van der Waals surface area contributed by atoms with Gasteiger partial charge in [-0.05, 0) is 23.6 Å². The van der Waals surface area contributed by atoms with E-state index in [0.717, 1.165) is 12.0 Å². The number of rotatable bonds is 4. The minimum atomic E-state index is -0.252. The summed E-state index contributed by atoms with van der Waals surface area (Å²) in [6, 6.07) is 5.36. The van der Waals surface area contributed by atoms with Crippen LogP contribution in [-0.4, -0.2) is 48.3 Å². The van der Waals surface area contributed by atoms with Gasteiger partial charge in [-0.2, -0.15) is 0 Å². The van der Waals surface area contributed by atoms with Gasteiger partial charge in [0, 0.05) is 26.2 Å². The van der Waals surface area contributed by atoms with Gasteiger partial charge in [0.1, 0.15) is 0 Å². The zero-order chi connectivity index (χ0) is 16.3. The second kappa shape index (κ2) is 7.34. The zero-order valence-corrected chi connectivity index (χ0v) is 14.3. The third kappa shape index (κ3) is 3.73. The van der Waals surface area contributed by atoms with Crippen LogP contribution >= 0.6 is 23.2 Å². The second-order valence-corrected chi connectivity index (χ2v) is 6.68. The van der Waals surface area contributed by atoms with Gasteiger partial charge >= 0.3 is 0 Å². The van der Waals surface area contributed by atoms with E-state index in [-0.39, 0.29) is 17.7 Å². The average Bonchev–Trinajstić information content (AvgIpc) is 2.50. The highest BCUT2D eigenvalue weighted by atomic mass is 35.5. The minimum Gasteiger partial charge on any atom is -0.342 e. The molecule has 1 heterocycles. The van der Waals surface area contributed by atoms with E-state index in [1.165, 1.54) is 0 Å². The van der Waals surface area contributed by atoms with Crippen molar-refractivity contribution < 1.29 is 9.59 Å². The molecule has 1 aliphatic rings. The summed E-state index contributed by atoms with van der Waals surface area (Å²) in [4.78, 5) is 27.2. The van der Waals surface area contributed by atoms with Gasteiger partial charge < -0.3 is 9.80 Å². The van der Waals surface area contributed by atoms with E-state index in [1.807, 2.05) is 24.8 Å². The molecule has 0 N–H and O–H groups in total. The van der Waals surface area contributed by atoms with Crippen molar-refractivity contribution in [1.29, 1.82) is 0 Å². The molecular formula is C16H20Cl2N2O2. The molecule has 4 nitrogen and oxygen atoms in total. The largest absolute Gasteiger partial charge is 0.342 e. The summed E-state index contributed by atoms with van der Waals surface area (Å²) < 4.78 is 0. The van der Waals surface area contributed by atoms with Crippen molar-refractivity contribution in [3.05, 3.63) is 33.8 Å². The number of benzene rings is 1. The molecule has 120 valence electrons. The Bertz CT molecular complexity index is 555. The fourth-order valence-electron chi connectivity index (χ4n) is 2.76. The molecule has 1 fully saturated rings. The summed E-state index contributed by atoms with van der Waals surface area (Å²) in [5, 5.41) is 0.948. The molecule has 0 spiro atoms. The van der Waals surface area contributed by atoms with Gasteiger partial charge in [-0.15, -0.1) is 0 Å². The average molecular weight is 343 g/mol. The van der Waals surface area contributed by atoms with Crippen molar-refractivity contribution >= 4 is 35.5 Å². The van der Waals surface area contributed by atoms with Crippen LogP contribution in [0.3, 0.4) is 0 Å². The minimum absolute atomic E-state index is 0.0824. The number of piperazine rings is 1. The maximum Gasteiger partial charge on any atom is 0.230 e. The van der Waals surface area contributed by atoms with Crippen molar-refractivity contribution in [1.82, 2.24) is 9.80 Å². The first-order chi connectivity index (χ1) is 10.4. The molecule has 1 unspecified atom stereocenters. The molecule has 0 radical (unpaired) electrons. The van der Waals surface area contributed by atoms with Gasteiger partial charge in [0.15, 0.2) is 0 Å². The van der Waals surface area contributed by atoms with Gasteiger partial charge in [-0.25, -0.2) is 0 Å². The molecule has 0 saturated carbocycles. The van der Waals surface area contributed by atoms with Gasteiger partial charge in [-0.3, -0.25) is 9.59 Å². The second-order valence-electron chi connectivity index (χ2n) is 5.86. The lowest BCUT2D eigenvalue weighted by Gasteiger charge is -2.35. The Morgan fingerprint density at radius 3 is 2.27 bits per heavy atom. The Balaban J connectivity index is 2.19. The fourth-order valence-corrected chi connectivity index (χ4v) is 3.07. The van der Waals surface area contributed by atoms with Crippen LogP contribution in [0.2, 0.25) is 10.0 Å². The fraction of sp³-hybridized carbons (Fsp3) is 0.500. The molecule has 0 aromatic heterocycles. The van der Waals surface area contributed by atoms with E-state index in [4.69, 9.17) is 23.2 Å². The quantitative estimate of drug-likeness (QED) is 0.789. The summed E-state index contributed by atoms with van der Waals surface area (Å²) >= 11 is 12.0. The van der Waals surface area contributed by atoms with Crippen molar-refractivity contribution in [3.8, 4) is 0 Å². The maximum atomic E-state index is 12.9. The number of halogens is 2. The number of amides is 2. The van der Waals surface area contributed by atoms with E-state index in [9.17, 15) is 9.59 Å². The molecule has 22 heavy (non-hydrogen) atoms. The number of hydrogen-bond acceptors (Lipinski definition) is 2. The Labute approximate surface area is 141 Å². The normalized spacial score (nSPS) is 16.8. The van der Waals surface area contributed by atoms with Crippen molar-refractivity contribution in [2.75, 3.05) is 26.2 Å². The molecule has 1 aromatic rings. The highest BCUT2D eigenvalue weighted by molar-refractivity contribution is 6.42. The van der Waals surface area contributed by atoms with E-state index < -0.39 is 0 Å². The monoisotopic (exact) mass is 342 g/mol. The first kappa shape index (κ1) is 17.1. The van der Waals surface area contributed by atoms with E-state index in [1.54, 1.807) is 17.0 Å². The highest BCUT2D eigenvalue weighted by Gasteiger charge is 2.30. The Hall–Kier alpha value is -1.26. The molecule has 1 atom stereocenters. The Morgan fingerprint density at radius 1 is 1.14 bits per heavy atom. The third-order valence-corrected chi connectivity index (χ3v) is 4.75. The van der Waals surface area contributed by atoms with Crippen molar-refractivity contribution in [3.63, 3.8) is 0 Å². The molecule has 6 heteroatoms. The Kier molecular flexibility index (Phi) is 5.70. The lowest BCUT2D eigenvalue weighted by atomic mass is 9.87. The highest BCUT2D eigenvalue weighted by Crippen LogP contribution is 2.32. The molecule has 1 aromatic carbocycles. The molecule has 0 bridgehead atoms. The SMILES string of the molecule is CC(C)C(C(=O)N1CCN(C=O)CC1)c1ccc(Cl)c(Cl)c1. The van der Waals surface area contributed by atoms with Gasteiger partial charge in [0.25, 0.3) is 0 Å². The van der Waals surface area contributed by atoms with E-state index in [0.29, 0.717) is 36.2 Å². The maximum absolute atomic E-state index is 12.9. The molecule has 0 aliphatic carbocycles. The topological polar surface area (TPSA) is 40.6 Å². The summed E-state index contributed by atoms with van der Waals surface area (Å²) in [6.07, 6.45) is 0.834. The van der Waals surface area contributed by atoms with Crippen LogP contribution in [0.1, 0.15) is 25.3 Å². The summed E-state index contributed by atoms with van der Waals surface area (Å²) in [5.41, 5.74) is 0.882. The number of carbonyl (C=O) groups is 2. The van der Waals surface area contributed by atoms with Gasteiger partial charge in [0.05, 0.1) is 16.0 Å². The molecule has 1 aliphatic heterocycles. The summed E-state index contributed by atoms with van der Waals surface area (Å²) in [7, 11) is 0. The molecule has 1 saturated heterocycles. The van der Waals surface area contributed by atoms with Crippen LogP contribution in [0.15, 0.2) is 18.2 Å². The standard InChI is InChI=1S/C16H20Cl2N2O2/c1-11(2)15(12-3-4-13(17)14(18)9-12)16(22)20-7-5-19(10-21)6-8-20/h3-4,9-11,15H,5-8H2,1-2H3. The van der Waals surface area contributed by atoms with Crippen LogP contribution in [0.4, 0.5) is 0 Å². The van der Waals surface area contributed by atoms with E-state index in [2.05, 4.69) is 0 Å². The summed E-state index contributed by atoms with van der Waals surface area (Å²) in [5.74, 6) is -0.0228. The smallest absolute Gasteiger partial charge is 0.230 e. The lowest BCUT2D eigenvalue weighted by molar-refractivity contribution is -0.137. The van der Waals surface area contributed by atoms with Crippen LogP contribution in [0.25, 0.3) is 0 Å². The third-order valence-electron chi connectivity index (χ3n) is 4.01. The van der Waals surface area contributed by atoms with Crippen LogP contribution in [0, 0.1) is 5.92 Å². The van der Waals surface area contributed by atoms with Crippen LogP contribution in [-0.2, 0) is 9.59 Å².